The quantitative estimate of drug-likeness (QED) is 0.942. The molecule has 1 amide bonds. The first-order valence-electron chi connectivity index (χ1n) is 7.47. The van der Waals surface area contributed by atoms with Gasteiger partial charge in [-0.05, 0) is 12.1 Å². The van der Waals surface area contributed by atoms with Crippen molar-refractivity contribution in [1.82, 2.24) is 9.78 Å². The van der Waals surface area contributed by atoms with Crippen molar-refractivity contribution in [3.8, 4) is 0 Å². The van der Waals surface area contributed by atoms with Crippen LogP contribution in [0.25, 0.3) is 0 Å². The van der Waals surface area contributed by atoms with Crippen LogP contribution in [0, 0.1) is 5.92 Å². The molecule has 0 radical (unpaired) electrons. The summed E-state index contributed by atoms with van der Waals surface area (Å²) < 4.78 is 26.1. The second-order valence-corrected chi connectivity index (χ2v) is 5.75. The van der Waals surface area contributed by atoms with Crippen LogP contribution in [0.4, 0.5) is 20.2 Å². The number of hydrogen-bond acceptors (Lipinski definition) is 3. The average molecular weight is 320 g/mol. The van der Waals surface area contributed by atoms with Crippen LogP contribution in [-0.4, -0.2) is 28.7 Å². The lowest BCUT2D eigenvalue weighted by molar-refractivity contribution is -0.119. The molecule has 1 aliphatic rings. The van der Waals surface area contributed by atoms with Crippen LogP contribution in [-0.2, 0) is 17.9 Å². The van der Waals surface area contributed by atoms with Crippen molar-refractivity contribution in [3.63, 3.8) is 0 Å². The van der Waals surface area contributed by atoms with E-state index in [4.69, 9.17) is 0 Å². The van der Waals surface area contributed by atoms with Gasteiger partial charge in [-0.3, -0.25) is 9.48 Å². The van der Waals surface area contributed by atoms with Crippen LogP contribution in [0.1, 0.15) is 12.5 Å². The lowest BCUT2D eigenvalue weighted by Crippen LogP contribution is -2.30. The van der Waals surface area contributed by atoms with E-state index in [0.29, 0.717) is 13.1 Å². The Labute approximate surface area is 132 Å². The zero-order valence-electron chi connectivity index (χ0n) is 12.7. The molecule has 0 fully saturated rings. The number of carbonyl (C=O) groups excluding carboxylic acids is 1. The molecule has 2 heterocycles. The van der Waals surface area contributed by atoms with E-state index in [0.717, 1.165) is 16.9 Å². The largest absolute Gasteiger partial charge is 0.365 e. The van der Waals surface area contributed by atoms with Gasteiger partial charge < -0.3 is 10.2 Å². The first-order valence-corrected chi connectivity index (χ1v) is 7.47. The number of alkyl halides is 2. The maximum Gasteiger partial charge on any atom is 0.257 e. The molecular formula is C16H18F2N4O. The summed E-state index contributed by atoms with van der Waals surface area (Å²) in [5.74, 6) is -0.188. The molecule has 1 atom stereocenters. The van der Waals surface area contributed by atoms with Gasteiger partial charge in [-0.15, -0.1) is 0 Å². The van der Waals surface area contributed by atoms with Crippen molar-refractivity contribution in [2.75, 3.05) is 16.8 Å². The normalized spacial score (nSPS) is 17.8. The smallest absolute Gasteiger partial charge is 0.257 e. The molecule has 0 bridgehead atoms. The van der Waals surface area contributed by atoms with E-state index in [1.807, 2.05) is 31.2 Å². The maximum atomic E-state index is 12.4. The summed E-state index contributed by atoms with van der Waals surface area (Å²) in [6, 6.07) is 7.58. The van der Waals surface area contributed by atoms with Crippen molar-refractivity contribution >= 4 is 17.3 Å². The minimum absolute atomic E-state index is 0.0201. The number of hydrogen-bond donors (Lipinski definition) is 1. The van der Waals surface area contributed by atoms with Gasteiger partial charge in [0, 0.05) is 24.8 Å². The monoisotopic (exact) mass is 320 g/mol. The molecule has 0 saturated carbocycles. The van der Waals surface area contributed by atoms with Crippen LogP contribution in [0.2, 0.25) is 0 Å². The molecule has 5 nitrogen and oxygen atoms in total. The Morgan fingerprint density at radius 1 is 1.39 bits per heavy atom. The van der Waals surface area contributed by atoms with Gasteiger partial charge >= 0.3 is 0 Å². The molecular weight excluding hydrogens is 302 g/mol. The van der Waals surface area contributed by atoms with Crippen LogP contribution in [0.5, 0.6) is 0 Å². The average Bonchev–Trinajstić information content (AvgIpc) is 2.88. The fraction of sp³-hybridized carbons (Fsp3) is 0.375. The lowest BCUT2D eigenvalue weighted by Gasteiger charge is -2.25. The molecule has 2 aromatic rings. The van der Waals surface area contributed by atoms with Gasteiger partial charge in [0.05, 0.1) is 23.5 Å². The third kappa shape index (κ3) is 3.49. The number of para-hydroxylation sites is 2. The van der Waals surface area contributed by atoms with Crippen molar-refractivity contribution in [3.05, 3.63) is 42.2 Å². The van der Waals surface area contributed by atoms with Gasteiger partial charge in [-0.2, -0.15) is 5.10 Å². The Morgan fingerprint density at radius 3 is 2.96 bits per heavy atom. The molecule has 1 aliphatic heterocycles. The predicted octanol–water partition coefficient (Wildman–Crippen LogP) is 2.74. The Balaban J connectivity index is 1.83. The van der Waals surface area contributed by atoms with Gasteiger partial charge in [0.15, 0.2) is 0 Å². The Hall–Kier alpha value is -2.44. The number of amides is 1. The van der Waals surface area contributed by atoms with Crippen LogP contribution in [0.15, 0.2) is 36.7 Å². The number of halogens is 2. The molecule has 7 heteroatoms. The molecule has 0 saturated heterocycles. The van der Waals surface area contributed by atoms with Gasteiger partial charge in [0.25, 0.3) is 6.43 Å². The fourth-order valence-electron chi connectivity index (χ4n) is 2.72. The zero-order valence-corrected chi connectivity index (χ0v) is 12.7. The molecule has 3 rings (SSSR count). The Kier molecular flexibility index (Phi) is 4.27. The summed E-state index contributed by atoms with van der Waals surface area (Å²) in [5, 5.41) is 6.88. The number of anilines is 2. The second-order valence-electron chi connectivity index (χ2n) is 5.75. The molecule has 1 unspecified atom stereocenters. The van der Waals surface area contributed by atoms with Gasteiger partial charge in [-0.25, -0.2) is 8.78 Å². The third-order valence-corrected chi connectivity index (χ3v) is 3.83. The highest BCUT2D eigenvalue weighted by Crippen LogP contribution is 2.30. The SMILES string of the molecule is CC1CN(Cc2cnn(CC(F)F)c2)c2ccccc2NC1=O. The third-order valence-electron chi connectivity index (χ3n) is 3.83. The summed E-state index contributed by atoms with van der Waals surface area (Å²) in [5.41, 5.74) is 2.52. The molecule has 1 N–H and O–H groups in total. The van der Waals surface area contributed by atoms with Crippen molar-refractivity contribution in [2.45, 2.75) is 26.4 Å². The van der Waals surface area contributed by atoms with Crippen LogP contribution >= 0.6 is 0 Å². The van der Waals surface area contributed by atoms with E-state index in [9.17, 15) is 13.6 Å². The van der Waals surface area contributed by atoms with Crippen LogP contribution < -0.4 is 10.2 Å². The Bertz CT molecular complexity index is 701. The molecule has 0 spiro atoms. The van der Waals surface area contributed by atoms with Crippen molar-refractivity contribution in [2.24, 2.45) is 5.92 Å². The minimum Gasteiger partial charge on any atom is -0.365 e. The maximum absolute atomic E-state index is 12.4. The number of nitrogens with one attached hydrogen (secondary N) is 1. The van der Waals surface area contributed by atoms with E-state index in [2.05, 4.69) is 15.3 Å². The van der Waals surface area contributed by atoms with E-state index in [-0.39, 0.29) is 11.8 Å². The second kappa shape index (κ2) is 6.36. The van der Waals surface area contributed by atoms with Crippen molar-refractivity contribution in [1.29, 1.82) is 0 Å². The van der Waals surface area contributed by atoms with E-state index in [1.165, 1.54) is 4.68 Å². The highest BCUT2D eigenvalue weighted by molar-refractivity contribution is 5.97. The number of aromatic nitrogens is 2. The standard InChI is InChI=1S/C16H18F2N4O/c1-11-7-21(8-12-6-19-22(9-12)10-15(17)18)14-5-3-2-4-13(14)20-16(11)23/h2-6,9,11,15H,7-8,10H2,1H3,(H,20,23). The first kappa shape index (κ1) is 15.5. The number of fused-ring (bicyclic) bond motifs is 1. The Morgan fingerprint density at radius 2 is 2.17 bits per heavy atom. The van der Waals surface area contributed by atoms with E-state index >= 15 is 0 Å². The van der Waals surface area contributed by atoms with Crippen LogP contribution in [0.3, 0.4) is 0 Å². The summed E-state index contributed by atoms with van der Waals surface area (Å²) >= 11 is 0. The molecule has 1 aromatic heterocycles. The summed E-state index contributed by atoms with van der Waals surface area (Å²) in [6.45, 7) is 2.53. The molecule has 122 valence electrons. The summed E-state index contributed by atoms with van der Waals surface area (Å²) in [4.78, 5) is 14.1. The fourth-order valence-corrected chi connectivity index (χ4v) is 2.72. The van der Waals surface area contributed by atoms with Gasteiger partial charge in [0.1, 0.15) is 6.54 Å². The first-order chi connectivity index (χ1) is 11.0. The van der Waals surface area contributed by atoms with Gasteiger partial charge in [-0.1, -0.05) is 19.1 Å². The molecule has 0 aliphatic carbocycles. The topological polar surface area (TPSA) is 50.2 Å². The number of rotatable bonds is 4. The minimum atomic E-state index is -2.43. The highest BCUT2D eigenvalue weighted by atomic mass is 19.3. The van der Waals surface area contributed by atoms with Crippen molar-refractivity contribution < 1.29 is 13.6 Å². The summed E-state index contributed by atoms with van der Waals surface area (Å²) in [7, 11) is 0. The van der Waals surface area contributed by atoms with E-state index < -0.39 is 13.0 Å². The lowest BCUT2D eigenvalue weighted by atomic mass is 10.1. The molecule has 23 heavy (non-hydrogen) atoms. The number of carbonyl (C=O) groups is 1. The summed E-state index contributed by atoms with van der Waals surface area (Å²) in [6.07, 6.45) is 0.790. The van der Waals surface area contributed by atoms with Gasteiger partial charge in [0.2, 0.25) is 5.91 Å². The zero-order chi connectivity index (χ0) is 16.4. The predicted molar refractivity (Wildman–Crippen MR) is 83.5 cm³/mol. The van der Waals surface area contributed by atoms with E-state index in [1.54, 1.807) is 12.4 Å². The highest BCUT2D eigenvalue weighted by Gasteiger charge is 2.24. The number of nitrogens with zero attached hydrogens (tertiary/aromatic N) is 3. The molecule has 1 aromatic carbocycles. The number of benzene rings is 1.